The summed E-state index contributed by atoms with van der Waals surface area (Å²) in [6, 6.07) is 11.6. The molecule has 144 valence electrons. The van der Waals surface area contributed by atoms with E-state index in [4.69, 9.17) is 4.74 Å². The lowest BCUT2D eigenvalue weighted by atomic mass is 10.2. The van der Waals surface area contributed by atoms with Gasteiger partial charge >= 0.3 is 6.09 Å². The number of ether oxygens (including phenoxy) is 1. The molecule has 0 aliphatic heterocycles. The Morgan fingerprint density at radius 1 is 0.929 bits per heavy atom. The summed E-state index contributed by atoms with van der Waals surface area (Å²) < 4.78 is 9.61. The summed E-state index contributed by atoms with van der Waals surface area (Å²) in [5.41, 5.74) is 2.94. The number of imidazole rings is 2. The average Bonchev–Trinajstić information content (AvgIpc) is 3.24. The topological polar surface area (TPSA) is 64.1 Å². The van der Waals surface area contributed by atoms with Crippen LogP contribution in [0.4, 0.5) is 4.79 Å². The van der Waals surface area contributed by atoms with Gasteiger partial charge in [0, 0.05) is 12.4 Å². The fourth-order valence-electron chi connectivity index (χ4n) is 3.11. The molecule has 0 aromatic carbocycles. The van der Waals surface area contributed by atoms with E-state index in [1.54, 1.807) is 17.3 Å². The van der Waals surface area contributed by atoms with Crippen LogP contribution in [-0.2, 0) is 17.8 Å². The Bertz CT molecular complexity index is 1050. The fraction of sp³-hybridized carbons (Fsp3) is 0.286. The number of rotatable bonds is 4. The number of pyridine rings is 2. The van der Waals surface area contributed by atoms with Crippen molar-refractivity contribution in [3.63, 3.8) is 0 Å². The molecular formula is C21H23N5O2. The summed E-state index contributed by atoms with van der Waals surface area (Å²) >= 11 is 0. The minimum atomic E-state index is -0.575. The minimum Gasteiger partial charge on any atom is -0.444 e. The number of fused-ring (bicyclic) bond motifs is 2. The van der Waals surface area contributed by atoms with Gasteiger partial charge in [-0.2, -0.15) is 0 Å². The van der Waals surface area contributed by atoms with Gasteiger partial charge in [0.2, 0.25) is 0 Å². The molecule has 0 aliphatic rings. The molecular weight excluding hydrogens is 354 g/mol. The van der Waals surface area contributed by atoms with Crippen molar-refractivity contribution in [1.82, 2.24) is 23.7 Å². The lowest BCUT2D eigenvalue weighted by Crippen LogP contribution is -2.36. The van der Waals surface area contributed by atoms with Gasteiger partial charge in [-0.15, -0.1) is 0 Å². The minimum absolute atomic E-state index is 0.371. The van der Waals surface area contributed by atoms with Crippen molar-refractivity contribution in [2.24, 2.45) is 0 Å². The second-order valence-corrected chi connectivity index (χ2v) is 7.69. The zero-order valence-electron chi connectivity index (χ0n) is 16.2. The molecule has 1 amide bonds. The predicted octanol–water partition coefficient (Wildman–Crippen LogP) is 3.92. The lowest BCUT2D eigenvalue weighted by molar-refractivity contribution is 0.0211. The molecule has 0 unspecified atom stereocenters. The number of nitrogens with zero attached hydrogens (tertiary/aromatic N) is 5. The first-order valence-electron chi connectivity index (χ1n) is 9.20. The first kappa shape index (κ1) is 18.0. The second-order valence-electron chi connectivity index (χ2n) is 7.69. The highest BCUT2D eigenvalue weighted by Crippen LogP contribution is 2.17. The number of amides is 1. The SMILES string of the molecule is CC(C)(C)OC(=O)N(Cc1cnc2ccccn12)Cc1cnc2ccccn12. The van der Waals surface area contributed by atoms with Gasteiger partial charge in [-0.05, 0) is 45.0 Å². The lowest BCUT2D eigenvalue weighted by Gasteiger charge is -2.27. The maximum absolute atomic E-state index is 12.9. The summed E-state index contributed by atoms with van der Waals surface area (Å²) in [4.78, 5) is 23.4. The van der Waals surface area contributed by atoms with E-state index in [-0.39, 0.29) is 6.09 Å². The highest BCUT2D eigenvalue weighted by molar-refractivity contribution is 5.68. The van der Waals surface area contributed by atoms with E-state index in [0.29, 0.717) is 13.1 Å². The smallest absolute Gasteiger partial charge is 0.410 e. The summed E-state index contributed by atoms with van der Waals surface area (Å²) in [7, 11) is 0. The monoisotopic (exact) mass is 377 g/mol. The highest BCUT2D eigenvalue weighted by Gasteiger charge is 2.24. The van der Waals surface area contributed by atoms with Crippen LogP contribution in [0.25, 0.3) is 11.3 Å². The average molecular weight is 377 g/mol. The molecule has 0 aliphatic carbocycles. The van der Waals surface area contributed by atoms with Gasteiger partial charge < -0.3 is 13.5 Å². The van der Waals surface area contributed by atoms with Gasteiger partial charge in [-0.3, -0.25) is 4.90 Å². The Balaban J connectivity index is 1.66. The summed E-state index contributed by atoms with van der Waals surface area (Å²) in [6.07, 6.45) is 7.10. The molecule has 4 rings (SSSR count). The van der Waals surface area contributed by atoms with Gasteiger partial charge in [-0.25, -0.2) is 14.8 Å². The van der Waals surface area contributed by atoms with Gasteiger partial charge in [0.1, 0.15) is 16.9 Å². The van der Waals surface area contributed by atoms with Crippen LogP contribution in [-0.4, -0.2) is 35.4 Å². The maximum atomic E-state index is 12.9. The quantitative estimate of drug-likeness (QED) is 0.541. The Kier molecular flexibility index (Phi) is 4.50. The number of hydrogen-bond donors (Lipinski definition) is 0. The number of carbonyl (C=O) groups excluding carboxylic acids is 1. The Morgan fingerprint density at radius 2 is 1.43 bits per heavy atom. The molecule has 4 heterocycles. The molecule has 0 N–H and O–H groups in total. The third kappa shape index (κ3) is 3.69. The predicted molar refractivity (Wildman–Crippen MR) is 106 cm³/mol. The van der Waals surface area contributed by atoms with Crippen LogP contribution in [0.2, 0.25) is 0 Å². The van der Waals surface area contributed by atoms with Crippen LogP contribution in [0.5, 0.6) is 0 Å². The number of carbonyl (C=O) groups is 1. The van der Waals surface area contributed by atoms with Crippen molar-refractivity contribution in [3.05, 3.63) is 72.6 Å². The second kappa shape index (κ2) is 6.99. The van der Waals surface area contributed by atoms with Crippen molar-refractivity contribution >= 4 is 17.4 Å². The number of aromatic nitrogens is 4. The molecule has 7 nitrogen and oxygen atoms in total. The van der Waals surface area contributed by atoms with Crippen molar-refractivity contribution in [3.8, 4) is 0 Å². The van der Waals surface area contributed by atoms with Crippen molar-refractivity contribution < 1.29 is 9.53 Å². The third-order valence-corrected chi connectivity index (χ3v) is 4.34. The van der Waals surface area contributed by atoms with Crippen LogP contribution in [0.15, 0.2) is 61.2 Å². The summed E-state index contributed by atoms with van der Waals surface area (Å²) in [5, 5.41) is 0. The highest BCUT2D eigenvalue weighted by atomic mass is 16.6. The van der Waals surface area contributed by atoms with Gasteiger partial charge in [0.25, 0.3) is 0 Å². The molecule has 7 heteroatoms. The molecule has 0 radical (unpaired) electrons. The maximum Gasteiger partial charge on any atom is 0.410 e. The van der Waals surface area contributed by atoms with Crippen LogP contribution in [0.1, 0.15) is 32.2 Å². The molecule has 0 atom stereocenters. The Hall–Kier alpha value is -3.35. The standard InChI is InChI=1S/C21H23N5O2/c1-21(2,3)28-20(27)24(14-16-12-22-18-8-4-6-10-25(16)18)15-17-13-23-19-9-5-7-11-26(17)19/h4-13H,14-15H2,1-3H3. The molecule has 0 spiro atoms. The van der Waals surface area contributed by atoms with E-state index in [1.165, 1.54) is 0 Å². The van der Waals surface area contributed by atoms with Crippen LogP contribution >= 0.6 is 0 Å². The van der Waals surface area contributed by atoms with Crippen molar-refractivity contribution in [1.29, 1.82) is 0 Å². The largest absolute Gasteiger partial charge is 0.444 e. The molecule has 4 aromatic heterocycles. The van der Waals surface area contributed by atoms with E-state index in [9.17, 15) is 4.79 Å². The van der Waals surface area contributed by atoms with E-state index >= 15 is 0 Å². The molecule has 4 aromatic rings. The molecule has 0 fully saturated rings. The molecule has 28 heavy (non-hydrogen) atoms. The van der Waals surface area contributed by atoms with Crippen LogP contribution in [0.3, 0.4) is 0 Å². The fourth-order valence-corrected chi connectivity index (χ4v) is 3.11. The van der Waals surface area contributed by atoms with Gasteiger partial charge in [0.05, 0.1) is 36.9 Å². The van der Waals surface area contributed by atoms with Gasteiger partial charge in [0.15, 0.2) is 0 Å². The van der Waals surface area contributed by atoms with E-state index < -0.39 is 5.60 Å². The van der Waals surface area contributed by atoms with E-state index in [0.717, 1.165) is 22.7 Å². The van der Waals surface area contributed by atoms with Crippen molar-refractivity contribution in [2.75, 3.05) is 0 Å². The molecule has 0 saturated carbocycles. The third-order valence-electron chi connectivity index (χ3n) is 4.34. The summed E-state index contributed by atoms with van der Waals surface area (Å²) in [5.74, 6) is 0. The van der Waals surface area contributed by atoms with Gasteiger partial charge in [-0.1, -0.05) is 12.1 Å². The zero-order valence-corrected chi connectivity index (χ0v) is 16.2. The summed E-state index contributed by atoms with van der Waals surface area (Å²) in [6.45, 7) is 6.35. The first-order chi connectivity index (χ1) is 13.4. The van der Waals surface area contributed by atoms with Crippen molar-refractivity contribution in [2.45, 2.75) is 39.5 Å². The van der Waals surface area contributed by atoms with E-state index in [2.05, 4.69) is 9.97 Å². The molecule has 0 saturated heterocycles. The van der Waals surface area contributed by atoms with Crippen LogP contribution in [0, 0.1) is 0 Å². The first-order valence-corrected chi connectivity index (χ1v) is 9.20. The van der Waals surface area contributed by atoms with Crippen LogP contribution < -0.4 is 0 Å². The Morgan fingerprint density at radius 3 is 1.89 bits per heavy atom. The molecule has 0 bridgehead atoms. The normalized spacial score (nSPS) is 11.8. The van der Waals surface area contributed by atoms with E-state index in [1.807, 2.05) is 78.4 Å². The Labute approximate surface area is 163 Å². The zero-order chi connectivity index (χ0) is 19.7. The number of hydrogen-bond acceptors (Lipinski definition) is 4.